The van der Waals surface area contributed by atoms with E-state index in [-0.39, 0.29) is 6.54 Å². The fraction of sp³-hybridized carbons (Fsp3) is 0.167. The molecule has 142 valence electrons. The van der Waals surface area contributed by atoms with Crippen molar-refractivity contribution in [3.05, 3.63) is 58.1 Å². The summed E-state index contributed by atoms with van der Waals surface area (Å²) in [5.74, 6) is -0.838. The van der Waals surface area contributed by atoms with Crippen molar-refractivity contribution in [1.82, 2.24) is 19.2 Å². The molecule has 9 nitrogen and oxygen atoms in total. The van der Waals surface area contributed by atoms with E-state index in [1.165, 1.54) is 22.1 Å². The topological polar surface area (TPSA) is 108 Å². The molecule has 28 heavy (non-hydrogen) atoms. The maximum absolute atomic E-state index is 12.5. The van der Waals surface area contributed by atoms with Gasteiger partial charge in [-0.1, -0.05) is 0 Å². The first kappa shape index (κ1) is 17.9. The van der Waals surface area contributed by atoms with E-state index in [4.69, 9.17) is 4.74 Å². The highest BCUT2D eigenvalue weighted by atomic mass is 32.1. The van der Waals surface area contributed by atoms with Crippen molar-refractivity contribution in [3.8, 4) is 0 Å². The molecule has 0 bridgehead atoms. The minimum atomic E-state index is -0.439. The zero-order chi connectivity index (χ0) is 19.7. The van der Waals surface area contributed by atoms with E-state index in [1.807, 2.05) is 11.4 Å². The van der Waals surface area contributed by atoms with Gasteiger partial charge in [-0.15, -0.1) is 16.4 Å². The van der Waals surface area contributed by atoms with Crippen LogP contribution in [0.15, 0.2) is 46.8 Å². The molecule has 1 N–H and O–H groups in total. The van der Waals surface area contributed by atoms with Gasteiger partial charge in [-0.05, 0) is 42.6 Å². The molecule has 0 aliphatic carbocycles. The van der Waals surface area contributed by atoms with Crippen LogP contribution in [0.25, 0.3) is 15.9 Å². The number of carbonyl (C=O) groups excluding carboxylic acids is 2. The second-order valence-corrected chi connectivity index (χ2v) is 6.78. The quantitative estimate of drug-likeness (QED) is 0.516. The minimum Gasteiger partial charge on any atom is -0.462 e. The molecule has 0 aliphatic rings. The maximum Gasteiger partial charge on any atom is 0.352 e. The molecule has 4 aromatic rings. The van der Waals surface area contributed by atoms with Crippen molar-refractivity contribution in [1.29, 1.82) is 0 Å². The van der Waals surface area contributed by atoms with Crippen LogP contribution < -0.4 is 11.0 Å². The first-order valence-corrected chi connectivity index (χ1v) is 9.33. The molecule has 0 spiro atoms. The summed E-state index contributed by atoms with van der Waals surface area (Å²) in [5.41, 5.74) is 1.67. The Labute approximate surface area is 162 Å². The smallest absolute Gasteiger partial charge is 0.352 e. The van der Waals surface area contributed by atoms with Crippen molar-refractivity contribution in [2.24, 2.45) is 0 Å². The van der Waals surface area contributed by atoms with Crippen molar-refractivity contribution in [2.45, 2.75) is 13.5 Å². The molecule has 0 atom stereocenters. The van der Waals surface area contributed by atoms with E-state index in [1.54, 1.807) is 31.2 Å². The molecule has 0 saturated carbocycles. The Balaban J connectivity index is 1.51. The van der Waals surface area contributed by atoms with Crippen LogP contribution in [0.5, 0.6) is 0 Å². The fourth-order valence-electron chi connectivity index (χ4n) is 2.71. The van der Waals surface area contributed by atoms with Crippen molar-refractivity contribution < 1.29 is 14.3 Å². The summed E-state index contributed by atoms with van der Waals surface area (Å²) in [4.78, 5) is 40.6. The van der Waals surface area contributed by atoms with Crippen LogP contribution in [-0.4, -0.2) is 37.6 Å². The monoisotopic (exact) mass is 397 g/mol. The van der Waals surface area contributed by atoms with Crippen LogP contribution in [0.2, 0.25) is 0 Å². The lowest BCUT2D eigenvalue weighted by atomic mass is 10.2. The maximum atomic E-state index is 12.5. The Kier molecular flexibility index (Phi) is 4.62. The third-order valence-electron chi connectivity index (χ3n) is 4.00. The molecule has 3 heterocycles. The first-order chi connectivity index (χ1) is 13.6. The summed E-state index contributed by atoms with van der Waals surface area (Å²) in [7, 11) is 0. The Morgan fingerprint density at radius 3 is 2.75 bits per heavy atom. The number of hydrogen-bond donors (Lipinski definition) is 1. The van der Waals surface area contributed by atoms with E-state index in [2.05, 4.69) is 15.4 Å². The molecule has 0 aliphatic heterocycles. The largest absolute Gasteiger partial charge is 0.462 e. The first-order valence-electron chi connectivity index (χ1n) is 8.45. The number of ether oxygens (including phenoxy) is 1. The average molecular weight is 397 g/mol. The fourth-order valence-corrected chi connectivity index (χ4v) is 3.53. The number of nitrogens with one attached hydrogen (secondary N) is 1. The molecule has 1 amide bonds. The van der Waals surface area contributed by atoms with E-state index in [0.29, 0.717) is 23.5 Å². The minimum absolute atomic E-state index is 0.243. The van der Waals surface area contributed by atoms with Crippen LogP contribution in [-0.2, 0) is 16.1 Å². The summed E-state index contributed by atoms with van der Waals surface area (Å²) in [6.07, 6.45) is 1.40. The van der Waals surface area contributed by atoms with Gasteiger partial charge in [0.2, 0.25) is 5.91 Å². The summed E-state index contributed by atoms with van der Waals surface area (Å²) in [6.45, 7) is 1.78. The lowest BCUT2D eigenvalue weighted by molar-refractivity contribution is -0.117. The number of nitrogens with zero attached hydrogens (tertiary/aromatic N) is 4. The molecule has 10 heteroatoms. The summed E-state index contributed by atoms with van der Waals surface area (Å²) < 4.78 is 8.12. The van der Waals surface area contributed by atoms with Gasteiger partial charge in [-0.2, -0.15) is 0 Å². The molecule has 0 saturated heterocycles. The lowest BCUT2D eigenvalue weighted by Gasteiger charge is -2.06. The van der Waals surface area contributed by atoms with Crippen LogP contribution >= 0.6 is 11.3 Å². The SMILES string of the molecule is CCOC(=O)c1ccc(NC(=O)Cn2nc3c4sccc4ncn3c2=O)cc1. The van der Waals surface area contributed by atoms with Crippen LogP contribution in [0.1, 0.15) is 17.3 Å². The van der Waals surface area contributed by atoms with Gasteiger partial charge in [-0.3, -0.25) is 4.79 Å². The Morgan fingerprint density at radius 2 is 2.00 bits per heavy atom. The Hall–Kier alpha value is -3.53. The summed E-state index contributed by atoms with van der Waals surface area (Å²) in [6, 6.07) is 8.15. The number of benzene rings is 1. The number of rotatable bonds is 5. The summed E-state index contributed by atoms with van der Waals surface area (Å²) in [5, 5.41) is 8.82. The van der Waals surface area contributed by atoms with Gasteiger partial charge in [0.15, 0.2) is 5.65 Å². The number of fused-ring (bicyclic) bond motifs is 3. The van der Waals surface area contributed by atoms with Gasteiger partial charge in [-0.25, -0.2) is 23.7 Å². The Bertz CT molecular complexity index is 1240. The molecule has 3 aromatic heterocycles. The highest BCUT2D eigenvalue weighted by molar-refractivity contribution is 7.17. The number of aromatic nitrogens is 4. The molecule has 0 unspecified atom stereocenters. The summed E-state index contributed by atoms with van der Waals surface area (Å²) >= 11 is 1.43. The van der Waals surface area contributed by atoms with Gasteiger partial charge < -0.3 is 10.1 Å². The third-order valence-corrected chi connectivity index (χ3v) is 4.90. The zero-order valence-corrected chi connectivity index (χ0v) is 15.6. The molecule has 0 fully saturated rings. The lowest BCUT2D eigenvalue weighted by Crippen LogP contribution is -2.28. The van der Waals surface area contributed by atoms with Gasteiger partial charge in [0.1, 0.15) is 12.9 Å². The highest BCUT2D eigenvalue weighted by Crippen LogP contribution is 2.21. The number of carbonyl (C=O) groups is 2. The molecular weight excluding hydrogens is 382 g/mol. The van der Waals surface area contributed by atoms with Crippen LogP contribution in [0, 0.1) is 0 Å². The van der Waals surface area contributed by atoms with Gasteiger partial charge in [0.05, 0.1) is 22.4 Å². The number of amides is 1. The average Bonchev–Trinajstić information content (AvgIpc) is 3.27. The normalized spacial score (nSPS) is 11.0. The van der Waals surface area contributed by atoms with E-state index in [0.717, 1.165) is 14.9 Å². The number of esters is 1. The number of thiophene rings is 1. The van der Waals surface area contributed by atoms with E-state index < -0.39 is 17.6 Å². The zero-order valence-electron chi connectivity index (χ0n) is 14.8. The molecule has 4 rings (SSSR count). The second kappa shape index (κ2) is 7.24. The third kappa shape index (κ3) is 3.25. The van der Waals surface area contributed by atoms with E-state index in [9.17, 15) is 14.4 Å². The van der Waals surface area contributed by atoms with Crippen molar-refractivity contribution in [3.63, 3.8) is 0 Å². The predicted octanol–water partition coefficient (Wildman–Crippen LogP) is 1.92. The predicted molar refractivity (Wildman–Crippen MR) is 104 cm³/mol. The highest BCUT2D eigenvalue weighted by Gasteiger charge is 2.14. The van der Waals surface area contributed by atoms with Crippen LogP contribution in [0.3, 0.4) is 0 Å². The van der Waals surface area contributed by atoms with Gasteiger partial charge in [0, 0.05) is 5.69 Å². The van der Waals surface area contributed by atoms with Crippen molar-refractivity contribution in [2.75, 3.05) is 11.9 Å². The molecule has 0 radical (unpaired) electrons. The Morgan fingerprint density at radius 1 is 1.21 bits per heavy atom. The van der Waals surface area contributed by atoms with Crippen LogP contribution in [0.4, 0.5) is 5.69 Å². The second-order valence-electron chi connectivity index (χ2n) is 5.86. The number of hydrogen-bond acceptors (Lipinski definition) is 7. The van der Waals surface area contributed by atoms with E-state index >= 15 is 0 Å². The standard InChI is InChI=1S/C18H15N5O4S/c1-2-27-17(25)11-3-5-12(6-4-11)20-14(24)9-23-18(26)22-10-19-13-7-8-28-15(13)16(22)21-23/h3-8,10H,2,9H2,1H3,(H,20,24). The molecular formula is C18H15N5O4S. The molecule has 1 aromatic carbocycles. The van der Waals surface area contributed by atoms with Gasteiger partial charge >= 0.3 is 11.7 Å². The number of anilines is 1. The van der Waals surface area contributed by atoms with Gasteiger partial charge in [0.25, 0.3) is 0 Å². The van der Waals surface area contributed by atoms with Crippen molar-refractivity contribution >= 4 is 44.8 Å².